The zero-order valence-electron chi connectivity index (χ0n) is 19.3. The van der Waals surface area contributed by atoms with Gasteiger partial charge in [-0.1, -0.05) is 24.9 Å². The maximum atomic E-state index is 12.6. The Hall–Kier alpha value is -2.86. The molecule has 0 aromatic heterocycles. The zero-order valence-corrected chi connectivity index (χ0v) is 20.0. The molecule has 0 atom stereocenters. The van der Waals surface area contributed by atoms with Crippen LogP contribution in [-0.2, 0) is 9.59 Å². The van der Waals surface area contributed by atoms with Gasteiger partial charge < -0.3 is 14.5 Å². The smallest absolute Gasteiger partial charge is 0.260 e. The van der Waals surface area contributed by atoms with Gasteiger partial charge in [-0.15, -0.1) is 0 Å². The van der Waals surface area contributed by atoms with E-state index in [-0.39, 0.29) is 30.1 Å². The van der Waals surface area contributed by atoms with Crippen molar-refractivity contribution in [2.45, 2.75) is 32.6 Å². The summed E-state index contributed by atoms with van der Waals surface area (Å²) in [4.78, 5) is 41.2. The molecule has 1 fully saturated rings. The molecule has 0 spiro atoms. The summed E-state index contributed by atoms with van der Waals surface area (Å²) in [5.41, 5.74) is 1.09. The van der Waals surface area contributed by atoms with Crippen LogP contribution in [0.1, 0.15) is 48.5 Å². The number of likely N-dealkylation sites (tertiary alicyclic amines) is 1. The van der Waals surface area contributed by atoms with Crippen molar-refractivity contribution in [1.82, 2.24) is 9.80 Å². The first-order chi connectivity index (χ1) is 15.9. The van der Waals surface area contributed by atoms with E-state index in [4.69, 9.17) is 16.3 Å². The van der Waals surface area contributed by atoms with E-state index in [1.807, 2.05) is 11.9 Å². The zero-order chi connectivity index (χ0) is 23.8. The lowest BCUT2D eigenvalue weighted by Gasteiger charge is -2.33. The lowest BCUT2D eigenvalue weighted by molar-refractivity contribution is -0.140. The van der Waals surface area contributed by atoms with Crippen LogP contribution in [0.3, 0.4) is 0 Å². The molecule has 2 amide bonds. The Labute approximate surface area is 200 Å². The van der Waals surface area contributed by atoms with Gasteiger partial charge in [-0.05, 0) is 67.8 Å². The number of rotatable bonds is 9. The number of hydrogen-bond donors (Lipinski definition) is 0. The number of nitrogens with zero attached hydrogens (tertiary/aromatic N) is 2. The molecule has 7 heteroatoms. The molecule has 0 unspecified atom stereocenters. The molecule has 1 heterocycles. The summed E-state index contributed by atoms with van der Waals surface area (Å²) in [7, 11) is 1.86. The first-order valence-electron chi connectivity index (χ1n) is 11.4. The van der Waals surface area contributed by atoms with E-state index in [1.54, 1.807) is 53.4 Å². The van der Waals surface area contributed by atoms with Gasteiger partial charge in [0.2, 0.25) is 5.91 Å². The molecule has 0 radical (unpaired) electrons. The predicted molar refractivity (Wildman–Crippen MR) is 129 cm³/mol. The fourth-order valence-corrected chi connectivity index (χ4v) is 4.03. The Kier molecular flexibility index (Phi) is 8.89. The third kappa shape index (κ3) is 6.81. The van der Waals surface area contributed by atoms with Gasteiger partial charge in [0.1, 0.15) is 5.75 Å². The highest BCUT2D eigenvalue weighted by Gasteiger charge is 2.29. The number of benzene rings is 2. The van der Waals surface area contributed by atoms with Gasteiger partial charge in [-0.25, -0.2) is 0 Å². The molecule has 0 bridgehead atoms. The second kappa shape index (κ2) is 11.8. The van der Waals surface area contributed by atoms with Crippen LogP contribution < -0.4 is 4.74 Å². The van der Waals surface area contributed by atoms with E-state index in [2.05, 4.69) is 6.92 Å². The molecular formula is C26H31ClN2O4. The minimum absolute atomic E-state index is 0.0115. The van der Waals surface area contributed by atoms with Crippen molar-refractivity contribution in [3.63, 3.8) is 0 Å². The minimum atomic E-state index is -0.105. The average Bonchev–Trinajstić information content (AvgIpc) is 2.85. The average molecular weight is 471 g/mol. The van der Waals surface area contributed by atoms with Gasteiger partial charge in [-0.3, -0.25) is 14.4 Å². The molecule has 6 nitrogen and oxygen atoms in total. The first-order valence-corrected chi connectivity index (χ1v) is 11.8. The SMILES string of the molecule is CCCCN(C)C(=O)C1CCN(C(=O)COc2ccc(C(=O)c3ccc(Cl)cc3)cc2)CC1. The van der Waals surface area contributed by atoms with Crippen LogP contribution in [0.2, 0.25) is 5.02 Å². The van der Waals surface area contributed by atoms with E-state index < -0.39 is 0 Å². The van der Waals surface area contributed by atoms with Crippen LogP contribution in [-0.4, -0.2) is 60.7 Å². The number of ether oxygens (including phenoxy) is 1. The summed E-state index contributed by atoms with van der Waals surface area (Å²) in [5.74, 6) is 0.495. The van der Waals surface area contributed by atoms with E-state index >= 15 is 0 Å². The van der Waals surface area contributed by atoms with Crippen molar-refractivity contribution < 1.29 is 19.1 Å². The van der Waals surface area contributed by atoms with Gasteiger partial charge in [0.15, 0.2) is 12.4 Å². The molecule has 2 aromatic rings. The lowest BCUT2D eigenvalue weighted by atomic mass is 9.95. The van der Waals surface area contributed by atoms with E-state index in [0.717, 1.165) is 19.4 Å². The third-order valence-corrected chi connectivity index (χ3v) is 6.26. The van der Waals surface area contributed by atoms with Gasteiger partial charge in [0.05, 0.1) is 0 Å². The number of carbonyl (C=O) groups is 3. The van der Waals surface area contributed by atoms with E-state index in [9.17, 15) is 14.4 Å². The molecule has 1 aliphatic rings. The quantitative estimate of drug-likeness (QED) is 0.508. The Morgan fingerprint density at radius 1 is 1.00 bits per heavy atom. The Bertz CT molecular complexity index is 951. The summed E-state index contributed by atoms with van der Waals surface area (Å²) >= 11 is 5.87. The molecule has 1 aliphatic heterocycles. The van der Waals surface area contributed by atoms with Gasteiger partial charge in [0.25, 0.3) is 5.91 Å². The maximum Gasteiger partial charge on any atom is 0.260 e. The molecule has 3 rings (SSSR count). The van der Waals surface area contributed by atoms with Crippen LogP contribution in [0.25, 0.3) is 0 Å². The van der Waals surface area contributed by atoms with E-state index in [1.165, 1.54) is 0 Å². The van der Waals surface area contributed by atoms with Crippen molar-refractivity contribution in [1.29, 1.82) is 0 Å². The highest BCUT2D eigenvalue weighted by Crippen LogP contribution is 2.21. The van der Waals surface area contributed by atoms with Crippen LogP contribution in [0.5, 0.6) is 5.75 Å². The molecule has 33 heavy (non-hydrogen) atoms. The molecule has 0 N–H and O–H groups in total. The molecular weight excluding hydrogens is 440 g/mol. The number of amides is 2. The largest absolute Gasteiger partial charge is 0.484 e. The van der Waals surface area contributed by atoms with Crippen LogP contribution in [0, 0.1) is 5.92 Å². The lowest BCUT2D eigenvalue weighted by Crippen LogP contribution is -2.45. The maximum absolute atomic E-state index is 12.6. The standard InChI is InChI=1S/C26H31ClN2O4/c1-3-4-15-28(2)26(32)21-13-16-29(17-14-21)24(30)18-33-23-11-7-20(8-12-23)25(31)19-5-9-22(27)10-6-19/h5-12,21H,3-4,13-18H2,1-2H3. The Morgan fingerprint density at radius 3 is 2.15 bits per heavy atom. The number of carbonyl (C=O) groups excluding carboxylic acids is 3. The topological polar surface area (TPSA) is 66.9 Å². The Balaban J connectivity index is 1.45. The summed E-state index contributed by atoms with van der Waals surface area (Å²) < 4.78 is 5.64. The number of piperidine rings is 1. The number of halogens is 1. The van der Waals surface area contributed by atoms with Crippen LogP contribution >= 0.6 is 11.6 Å². The molecule has 0 saturated carbocycles. The predicted octanol–water partition coefficient (Wildman–Crippen LogP) is 4.45. The molecule has 0 aliphatic carbocycles. The Morgan fingerprint density at radius 2 is 1.58 bits per heavy atom. The molecule has 2 aromatic carbocycles. The van der Waals surface area contributed by atoms with Crippen LogP contribution in [0.4, 0.5) is 0 Å². The third-order valence-electron chi connectivity index (χ3n) is 6.01. The molecule has 176 valence electrons. The number of ketones is 1. The highest BCUT2D eigenvalue weighted by molar-refractivity contribution is 6.30. The fourth-order valence-electron chi connectivity index (χ4n) is 3.90. The first kappa shape index (κ1) is 24.8. The van der Waals surface area contributed by atoms with Crippen molar-refractivity contribution in [2.75, 3.05) is 33.3 Å². The number of hydrogen-bond acceptors (Lipinski definition) is 4. The van der Waals surface area contributed by atoms with Crippen LogP contribution in [0.15, 0.2) is 48.5 Å². The summed E-state index contributed by atoms with van der Waals surface area (Å²) in [5, 5.41) is 0.579. The molecule has 1 saturated heterocycles. The number of unbranched alkanes of at least 4 members (excludes halogenated alkanes) is 1. The summed E-state index contributed by atoms with van der Waals surface area (Å²) in [6.07, 6.45) is 3.43. The second-order valence-corrected chi connectivity index (χ2v) is 8.85. The van der Waals surface area contributed by atoms with E-state index in [0.29, 0.717) is 47.8 Å². The summed E-state index contributed by atoms with van der Waals surface area (Å²) in [6.45, 7) is 3.95. The van der Waals surface area contributed by atoms with Crippen molar-refractivity contribution in [3.05, 3.63) is 64.7 Å². The monoisotopic (exact) mass is 470 g/mol. The minimum Gasteiger partial charge on any atom is -0.484 e. The fraction of sp³-hybridized carbons (Fsp3) is 0.423. The highest BCUT2D eigenvalue weighted by atomic mass is 35.5. The van der Waals surface area contributed by atoms with Gasteiger partial charge in [-0.2, -0.15) is 0 Å². The normalized spacial score (nSPS) is 14.1. The van der Waals surface area contributed by atoms with Gasteiger partial charge >= 0.3 is 0 Å². The van der Waals surface area contributed by atoms with Gasteiger partial charge in [0, 0.05) is 48.7 Å². The second-order valence-electron chi connectivity index (χ2n) is 8.42. The van der Waals surface area contributed by atoms with Crippen molar-refractivity contribution in [3.8, 4) is 5.75 Å². The summed E-state index contributed by atoms with van der Waals surface area (Å²) in [6, 6.07) is 13.5. The van der Waals surface area contributed by atoms with Crippen molar-refractivity contribution in [2.24, 2.45) is 5.92 Å². The van der Waals surface area contributed by atoms with Crippen molar-refractivity contribution >= 4 is 29.2 Å².